The summed E-state index contributed by atoms with van der Waals surface area (Å²) in [6.07, 6.45) is 4.77. The van der Waals surface area contributed by atoms with Gasteiger partial charge in [-0.3, -0.25) is 0 Å². The first-order valence-electron chi connectivity index (χ1n) is 5.31. The highest BCUT2D eigenvalue weighted by atomic mass is 15.0. The first-order valence-corrected chi connectivity index (χ1v) is 5.31. The standard InChI is InChI=1S/C13H22N/c1-10-9-13(4,7-8-14(5)6)12(3)11(10)2/h7-8H2,1-6H3. The van der Waals surface area contributed by atoms with E-state index in [0.717, 1.165) is 6.54 Å². The van der Waals surface area contributed by atoms with Crippen LogP contribution in [0.4, 0.5) is 0 Å². The molecule has 1 aliphatic rings. The number of allylic oxidation sites excluding steroid dienone is 4. The zero-order chi connectivity index (χ0) is 10.9. The topological polar surface area (TPSA) is 3.24 Å². The molecule has 0 saturated carbocycles. The first kappa shape index (κ1) is 11.5. The number of rotatable bonds is 3. The van der Waals surface area contributed by atoms with E-state index in [2.05, 4.69) is 52.8 Å². The molecule has 1 rings (SSSR count). The molecule has 0 heterocycles. The highest BCUT2D eigenvalue weighted by Crippen LogP contribution is 2.42. The SMILES string of the molecule is CC1=[C]C(C)(CCN(C)C)C(C)=C1C. The predicted octanol–water partition coefficient (Wildman–Crippen LogP) is 3.04. The van der Waals surface area contributed by atoms with Gasteiger partial charge in [0.25, 0.3) is 0 Å². The Kier molecular flexibility index (Phi) is 3.20. The van der Waals surface area contributed by atoms with Crippen LogP contribution in [0.3, 0.4) is 0 Å². The van der Waals surface area contributed by atoms with Gasteiger partial charge < -0.3 is 4.90 Å². The summed E-state index contributed by atoms with van der Waals surface area (Å²) in [5, 5.41) is 0. The van der Waals surface area contributed by atoms with Gasteiger partial charge in [-0.2, -0.15) is 0 Å². The van der Waals surface area contributed by atoms with Crippen LogP contribution >= 0.6 is 0 Å². The minimum atomic E-state index is 0.179. The molecule has 79 valence electrons. The quantitative estimate of drug-likeness (QED) is 0.664. The van der Waals surface area contributed by atoms with Crippen molar-refractivity contribution in [2.24, 2.45) is 5.41 Å². The highest BCUT2D eigenvalue weighted by molar-refractivity contribution is 5.41. The Hall–Kier alpha value is -0.560. The average Bonchev–Trinajstić information content (AvgIpc) is 2.28. The molecule has 0 aromatic heterocycles. The largest absolute Gasteiger partial charge is 0.309 e. The van der Waals surface area contributed by atoms with Crippen molar-refractivity contribution in [3.63, 3.8) is 0 Å². The van der Waals surface area contributed by atoms with Crippen molar-refractivity contribution >= 4 is 0 Å². The maximum absolute atomic E-state index is 3.60. The van der Waals surface area contributed by atoms with Crippen LogP contribution in [-0.4, -0.2) is 25.5 Å². The van der Waals surface area contributed by atoms with Gasteiger partial charge in [-0.25, -0.2) is 0 Å². The van der Waals surface area contributed by atoms with Gasteiger partial charge in [0.2, 0.25) is 0 Å². The van der Waals surface area contributed by atoms with Crippen LogP contribution in [0.5, 0.6) is 0 Å². The van der Waals surface area contributed by atoms with Gasteiger partial charge in [0.15, 0.2) is 0 Å². The Morgan fingerprint density at radius 2 is 1.79 bits per heavy atom. The molecule has 1 nitrogen and oxygen atoms in total. The third-order valence-corrected chi connectivity index (χ3v) is 3.48. The van der Waals surface area contributed by atoms with Crippen molar-refractivity contribution in [2.75, 3.05) is 20.6 Å². The molecule has 0 aromatic rings. The molecule has 1 radical (unpaired) electrons. The molecule has 0 spiro atoms. The first-order chi connectivity index (χ1) is 6.37. The Labute approximate surface area is 88.5 Å². The minimum absolute atomic E-state index is 0.179. The van der Waals surface area contributed by atoms with E-state index in [4.69, 9.17) is 0 Å². The lowest BCUT2D eigenvalue weighted by Gasteiger charge is -2.26. The number of nitrogens with zero attached hydrogens (tertiary/aromatic N) is 1. The van der Waals surface area contributed by atoms with E-state index < -0.39 is 0 Å². The van der Waals surface area contributed by atoms with Gasteiger partial charge in [-0.1, -0.05) is 12.5 Å². The summed E-state index contributed by atoms with van der Waals surface area (Å²) in [6, 6.07) is 0. The Bertz CT molecular complexity index is 284. The lowest BCUT2D eigenvalue weighted by Crippen LogP contribution is -2.22. The number of hydrogen-bond donors (Lipinski definition) is 0. The van der Waals surface area contributed by atoms with Crippen molar-refractivity contribution < 1.29 is 0 Å². The van der Waals surface area contributed by atoms with Gasteiger partial charge in [-0.15, -0.1) is 0 Å². The summed E-state index contributed by atoms with van der Waals surface area (Å²) < 4.78 is 0. The van der Waals surface area contributed by atoms with Gasteiger partial charge in [0.1, 0.15) is 0 Å². The zero-order valence-electron chi connectivity index (χ0n) is 10.4. The minimum Gasteiger partial charge on any atom is -0.309 e. The lowest BCUT2D eigenvalue weighted by atomic mass is 9.81. The summed E-state index contributed by atoms with van der Waals surface area (Å²) in [5.41, 5.74) is 4.45. The molecule has 0 aliphatic heterocycles. The maximum atomic E-state index is 3.60. The molecule has 1 atom stereocenters. The zero-order valence-corrected chi connectivity index (χ0v) is 10.4. The van der Waals surface area contributed by atoms with Crippen LogP contribution in [-0.2, 0) is 0 Å². The molecule has 1 aliphatic carbocycles. The second-order valence-corrected chi connectivity index (χ2v) is 4.89. The summed E-state index contributed by atoms with van der Waals surface area (Å²) in [7, 11) is 4.25. The number of hydrogen-bond acceptors (Lipinski definition) is 1. The van der Waals surface area contributed by atoms with Crippen molar-refractivity contribution in [3.05, 3.63) is 22.8 Å². The lowest BCUT2D eigenvalue weighted by molar-refractivity contribution is 0.333. The van der Waals surface area contributed by atoms with E-state index in [1.54, 1.807) is 0 Å². The van der Waals surface area contributed by atoms with Crippen molar-refractivity contribution in [3.8, 4) is 0 Å². The van der Waals surface area contributed by atoms with E-state index in [1.165, 1.54) is 23.1 Å². The Morgan fingerprint density at radius 3 is 2.14 bits per heavy atom. The average molecular weight is 192 g/mol. The van der Waals surface area contributed by atoms with Crippen LogP contribution in [0.25, 0.3) is 0 Å². The summed E-state index contributed by atoms with van der Waals surface area (Å²) in [6.45, 7) is 10.0. The van der Waals surface area contributed by atoms with Crippen LogP contribution < -0.4 is 0 Å². The molecular formula is C13H22N. The molecule has 14 heavy (non-hydrogen) atoms. The van der Waals surface area contributed by atoms with E-state index in [0.29, 0.717) is 0 Å². The molecule has 0 amide bonds. The van der Waals surface area contributed by atoms with E-state index >= 15 is 0 Å². The van der Waals surface area contributed by atoms with E-state index in [9.17, 15) is 0 Å². The van der Waals surface area contributed by atoms with Gasteiger partial charge >= 0.3 is 0 Å². The van der Waals surface area contributed by atoms with Crippen LogP contribution in [0.1, 0.15) is 34.1 Å². The van der Waals surface area contributed by atoms with Gasteiger partial charge in [0.05, 0.1) is 0 Å². The van der Waals surface area contributed by atoms with E-state index in [-0.39, 0.29) is 5.41 Å². The molecule has 1 heteroatoms. The second kappa shape index (κ2) is 3.90. The van der Waals surface area contributed by atoms with E-state index in [1.807, 2.05) is 0 Å². The monoisotopic (exact) mass is 192 g/mol. The smallest absolute Gasteiger partial charge is 0.0154 e. The summed E-state index contributed by atoms with van der Waals surface area (Å²) >= 11 is 0. The molecule has 0 saturated heterocycles. The molecule has 0 aromatic carbocycles. The normalized spacial score (nSPS) is 27.5. The predicted molar refractivity (Wildman–Crippen MR) is 62.1 cm³/mol. The fourth-order valence-electron chi connectivity index (χ4n) is 1.99. The molecule has 0 fully saturated rings. The van der Waals surface area contributed by atoms with Crippen LogP contribution in [0.2, 0.25) is 0 Å². The summed E-state index contributed by atoms with van der Waals surface area (Å²) in [5.74, 6) is 0. The van der Waals surface area contributed by atoms with Crippen molar-refractivity contribution in [2.45, 2.75) is 34.1 Å². The molecule has 0 N–H and O–H groups in total. The Morgan fingerprint density at radius 1 is 1.21 bits per heavy atom. The van der Waals surface area contributed by atoms with Crippen molar-refractivity contribution in [1.82, 2.24) is 4.90 Å². The molecular weight excluding hydrogens is 170 g/mol. The van der Waals surface area contributed by atoms with Crippen LogP contribution in [0.15, 0.2) is 16.7 Å². The highest BCUT2D eigenvalue weighted by Gasteiger charge is 2.30. The van der Waals surface area contributed by atoms with Crippen LogP contribution in [0, 0.1) is 11.5 Å². The van der Waals surface area contributed by atoms with Gasteiger partial charge in [0, 0.05) is 5.41 Å². The fourth-order valence-corrected chi connectivity index (χ4v) is 1.99. The fraction of sp³-hybridized carbons (Fsp3) is 0.692. The summed E-state index contributed by atoms with van der Waals surface area (Å²) in [4.78, 5) is 2.24. The second-order valence-electron chi connectivity index (χ2n) is 4.89. The van der Waals surface area contributed by atoms with Gasteiger partial charge in [-0.05, 0) is 65.1 Å². The maximum Gasteiger partial charge on any atom is 0.0154 e. The third kappa shape index (κ3) is 2.09. The van der Waals surface area contributed by atoms with Crippen molar-refractivity contribution in [1.29, 1.82) is 0 Å². The third-order valence-electron chi connectivity index (χ3n) is 3.48. The Balaban J connectivity index is 2.78. The molecule has 0 bridgehead atoms. The molecule has 1 unspecified atom stereocenters.